The van der Waals surface area contributed by atoms with E-state index in [1.165, 1.54) is 0 Å². The molecule has 1 aliphatic heterocycles. The summed E-state index contributed by atoms with van der Waals surface area (Å²) in [5.74, 6) is -3.06. The standard InChI is InChI=1S/C9H10BrNO/c10-8-1-2-9(11-5-8)7-3-4-12-6-7/h1-2,5,7H,3-4,6H2/i1D,2D,3D2,4D2,5D,6D2,7D. The van der Waals surface area contributed by atoms with Gasteiger partial charge in [-0.05, 0) is 34.4 Å². The highest BCUT2D eigenvalue weighted by molar-refractivity contribution is 9.10. The van der Waals surface area contributed by atoms with Crippen molar-refractivity contribution < 1.29 is 18.4 Å². The second-order valence-electron chi connectivity index (χ2n) is 1.94. The highest BCUT2D eigenvalue weighted by Crippen LogP contribution is 2.23. The Morgan fingerprint density at radius 1 is 1.83 bits per heavy atom. The minimum absolute atomic E-state index is 0.159. The van der Waals surface area contributed by atoms with Gasteiger partial charge in [0.05, 0.1) is 16.2 Å². The molecule has 0 spiro atoms. The largest absolute Gasteiger partial charge is 0.381 e. The number of rotatable bonds is 1. The third-order valence-electron chi connectivity index (χ3n) is 1.17. The molecule has 0 N–H and O–H groups in total. The van der Waals surface area contributed by atoms with Crippen molar-refractivity contribution >= 4 is 15.9 Å². The van der Waals surface area contributed by atoms with E-state index in [4.69, 9.17) is 13.7 Å². The van der Waals surface area contributed by atoms with Crippen molar-refractivity contribution in [2.75, 3.05) is 13.1 Å². The fraction of sp³-hybridized carbons (Fsp3) is 0.444. The first-order chi connectivity index (χ1) is 9.71. The minimum Gasteiger partial charge on any atom is -0.381 e. The molecule has 1 unspecified atom stereocenters. The molecular weight excluding hydrogens is 218 g/mol. The molecule has 2 rings (SSSR count). The van der Waals surface area contributed by atoms with Crippen LogP contribution in [-0.2, 0) is 4.74 Å². The molecule has 64 valence electrons. The Bertz CT molecular complexity index is 650. The first-order valence-electron chi connectivity index (χ1n) is 8.04. The van der Waals surface area contributed by atoms with Crippen LogP contribution in [0.15, 0.2) is 22.7 Å². The molecule has 2 heterocycles. The van der Waals surface area contributed by atoms with Crippen molar-refractivity contribution in [2.24, 2.45) is 0 Å². The molecular formula is C9H10BrNO. The number of ether oxygens (including phenoxy) is 1. The van der Waals surface area contributed by atoms with Crippen LogP contribution in [0.3, 0.4) is 0 Å². The lowest BCUT2D eigenvalue weighted by atomic mass is 10.0. The van der Waals surface area contributed by atoms with Crippen molar-refractivity contribution in [2.45, 2.75) is 12.3 Å². The summed E-state index contributed by atoms with van der Waals surface area (Å²) < 4.78 is 81.5. The normalized spacial score (nSPS) is 53.8. The second-order valence-corrected chi connectivity index (χ2v) is 2.74. The third-order valence-corrected chi connectivity index (χ3v) is 1.55. The lowest BCUT2D eigenvalue weighted by Gasteiger charge is -2.05. The van der Waals surface area contributed by atoms with Gasteiger partial charge in [-0.25, -0.2) is 0 Å². The van der Waals surface area contributed by atoms with Crippen LogP contribution in [0.4, 0.5) is 0 Å². The topological polar surface area (TPSA) is 22.1 Å². The van der Waals surface area contributed by atoms with Gasteiger partial charge in [0.15, 0.2) is 0 Å². The van der Waals surface area contributed by atoms with Gasteiger partial charge in [0, 0.05) is 32.9 Å². The molecule has 1 aliphatic rings. The summed E-state index contributed by atoms with van der Waals surface area (Å²) in [4.78, 5) is 3.54. The molecule has 1 atom stereocenters. The molecule has 0 bridgehead atoms. The molecule has 0 radical (unpaired) electrons. The van der Waals surface area contributed by atoms with Crippen molar-refractivity contribution in [3.8, 4) is 0 Å². The fourth-order valence-corrected chi connectivity index (χ4v) is 0.867. The smallest absolute Gasteiger partial charge is 0.0852 e. The zero-order valence-corrected chi connectivity index (χ0v) is 7.32. The third kappa shape index (κ3) is 1.67. The molecule has 12 heavy (non-hydrogen) atoms. The number of hydrogen-bond acceptors (Lipinski definition) is 2. The van der Waals surface area contributed by atoms with Gasteiger partial charge < -0.3 is 4.74 Å². The average molecular weight is 238 g/mol. The van der Waals surface area contributed by atoms with Crippen LogP contribution < -0.4 is 0 Å². The Hall–Kier alpha value is -0.410. The van der Waals surface area contributed by atoms with E-state index in [0.29, 0.717) is 0 Å². The predicted octanol–water partition coefficient (Wildman–Crippen LogP) is 2.35. The molecule has 1 fully saturated rings. The van der Waals surface area contributed by atoms with Crippen LogP contribution in [-0.4, -0.2) is 18.1 Å². The summed E-state index contributed by atoms with van der Waals surface area (Å²) in [6.07, 6.45) is -3.79. The molecule has 0 amide bonds. The zero-order valence-electron chi connectivity index (χ0n) is 15.7. The number of halogens is 1. The lowest BCUT2D eigenvalue weighted by Crippen LogP contribution is -1.99. The van der Waals surface area contributed by atoms with E-state index in [1.807, 2.05) is 0 Å². The molecule has 0 saturated carbocycles. The van der Waals surface area contributed by atoms with Crippen LogP contribution in [0.25, 0.3) is 0 Å². The van der Waals surface area contributed by atoms with Crippen molar-refractivity contribution in [3.05, 3.63) is 28.4 Å². The number of hydrogen-bond donors (Lipinski definition) is 0. The maximum Gasteiger partial charge on any atom is 0.0852 e. The molecule has 1 aromatic rings. The Morgan fingerprint density at radius 2 is 2.75 bits per heavy atom. The van der Waals surface area contributed by atoms with E-state index >= 15 is 0 Å². The Balaban J connectivity index is 2.85. The molecule has 3 heteroatoms. The summed E-state index contributed by atoms with van der Waals surface area (Å²) >= 11 is 2.86. The zero-order chi connectivity index (χ0) is 17.3. The average Bonchev–Trinajstić information content (AvgIpc) is 2.46. The van der Waals surface area contributed by atoms with Gasteiger partial charge in [0.25, 0.3) is 0 Å². The van der Waals surface area contributed by atoms with E-state index < -0.39 is 49.3 Å². The highest BCUT2D eigenvalue weighted by Gasteiger charge is 2.18. The van der Waals surface area contributed by atoms with Crippen LogP contribution >= 0.6 is 15.9 Å². The molecule has 1 saturated heterocycles. The van der Waals surface area contributed by atoms with Gasteiger partial charge in [-0.3, -0.25) is 4.98 Å². The van der Waals surface area contributed by atoms with E-state index in [2.05, 4.69) is 25.7 Å². The molecule has 0 aliphatic carbocycles. The van der Waals surface area contributed by atoms with Gasteiger partial charge in [0.1, 0.15) is 0 Å². The number of aromatic nitrogens is 1. The fourth-order valence-electron chi connectivity index (χ4n) is 0.680. The predicted molar refractivity (Wildman–Crippen MR) is 50.1 cm³/mol. The molecule has 0 aromatic carbocycles. The monoisotopic (exact) mass is 237 g/mol. The SMILES string of the molecule is [2H]c1nc(C2([2H])C([2H])([2H])OC([2H])([2H])C2([2H])[2H])c([2H])c([2H])c1Br. The summed E-state index contributed by atoms with van der Waals surface area (Å²) in [7, 11) is 0. The van der Waals surface area contributed by atoms with Gasteiger partial charge in [0.2, 0.25) is 0 Å². The highest BCUT2D eigenvalue weighted by atomic mass is 79.9. The van der Waals surface area contributed by atoms with Crippen LogP contribution in [0.1, 0.15) is 31.7 Å². The lowest BCUT2D eigenvalue weighted by molar-refractivity contribution is 0.193. The van der Waals surface area contributed by atoms with Crippen molar-refractivity contribution in [1.82, 2.24) is 4.98 Å². The van der Waals surface area contributed by atoms with Gasteiger partial charge in [-0.2, -0.15) is 0 Å². The number of nitrogens with zero attached hydrogens (tertiary/aromatic N) is 1. The summed E-state index contributed by atoms with van der Waals surface area (Å²) in [6, 6.07) is -1.34. The quantitative estimate of drug-likeness (QED) is 0.749. The van der Waals surface area contributed by atoms with Crippen LogP contribution in [0.2, 0.25) is 0 Å². The minimum atomic E-state index is -3.21. The van der Waals surface area contributed by atoms with E-state index in [0.717, 1.165) is 0 Å². The van der Waals surface area contributed by atoms with Crippen LogP contribution in [0.5, 0.6) is 0 Å². The summed E-state index contributed by atoms with van der Waals surface area (Å²) in [5.41, 5.74) is -0.859. The first kappa shape index (κ1) is 2.55. The Labute approximate surface area is 94.1 Å². The van der Waals surface area contributed by atoms with Crippen LogP contribution in [0, 0.1) is 0 Å². The Morgan fingerprint density at radius 3 is 3.50 bits per heavy atom. The van der Waals surface area contributed by atoms with Gasteiger partial charge in [-0.15, -0.1) is 0 Å². The maximum atomic E-state index is 8.21. The van der Waals surface area contributed by atoms with Crippen molar-refractivity contribution in [3.63, 3.8) is 0 Å². The second kappa shape index (κ2) is 3.54. The Kier molecular flexibility index (Phi) is 0.751. The van der Waals surface area contributed by atoms with Gasteiger partial charge >= 0.3 is 0 Å². The summed E-state index contributed by atoms with van der Waals surface area (Å²) in [5, 5.41) is 0. The van der Waals surface area contributed by atoms with E-state index in [1.54, 1.807) is 0 Å². The molecule has 2 nitrogen and oxygen atoms in total. The number of pyridine rings is 1. The van der Waals surface area contributed by atoms with Crippen molar-refractivity contribution in [1.29, 1.82) is 0 Å². The first-order valence-corrected chi connectivity index (χ1v) is 3.84. The summed E-state index contributed by atoms with van der Waals surface area (Å²) in [6.45, 7) is -6.31. The van der Waals surface area contributed by atoms with Gasteiger partial charge in [-0.1, -0.05) is 0 Å². The van der Waals surface area contributed by atoms with E-state index in [9.17, 15) is 0 Å². The molecule has 1 aromatic heterocycles. The van der Waals surface area contributed by atoms with E-state index in [-0.39, 0.29) is 4.47 Å². The maximum absolute atomic E-state index is 8.21.